The van der Waals surface area contributed by atoms with Crippen LogP contribution in [0.1, 0.15) is 36.9 Å². The van der Waals surface area contributed by atoms with Gasteiger partial charge in [0.2, 0.25) is 0 Å². The summed E-state index contributed by atoms with van der Waals surface area (Å²) in [6.45, 7) is 6.51. The van der Waals surface area contributed by atoms with Gasteiger partial charge >= 0.3 is 0 Å². The minimum atomic E-state index is 0.675. The molecule has 0 aromatic carbocycles. The average molecular weight is 305 g/mol. The summed E-state index contributed by atoms with van der Waals surface area (Å²) in [4.78, 5) is 11.3. The molecule has 1 atom stereocenters. The number of likely N-dealkylation sites (tertiary alicyclic amines) is 1. The molecular formula is C15H23N5S. The van der Waals surface area contributed by atoms with Gasteiger partial charge in [-0.2, -0.15) is 5.10 Å². The van der Waals surface area contributed by atoms with Gasteiger partial charge in [0.1, 0.15) is 12.7 Å². The van der Waals surface area contributed by atoms with Gasteiger partial charge in [-0.15, -0.1) is 11.3 Å². The molecule has 1 saturated heterocycles. The minimum Gasteiger partial charge on any atom is -0.297 e. The van der Waals surface area contributed by atoms with Gasteiger partial charge < -0.3 is 0 Å². The van der Waals surface area contributed by atoms with Crippen LogP contribution in [0.25, 0.3) is 0 Å². The van der Waals surface area contributed by atoms with Gasteiger partial charge in [0, 0.05) is 25.0 Å². The Morgan fingerprint density at radius 2 is 2.38 bits per heavy atom. The Bertz CT molecular complexity index is 536. The Morgan fingerprint density at radius 1 is 1.43 bits per heavy atom. The highest BCUT2D eigenvalue weighted by atomic mass is 32.1. The van der Waals surface area contributed by atoms with E-state index < -0.39 is 0 Å². The fraction of sp³-hybridized carbons (Fsp3) is 0.667. The van der Waals surface area contributed by atoms with E-state index in [2.05, 4.69) is 27.3 Å². The molecule has 3 rings (SSSR count). The molecular weight excluding hydrogens is 282 g/mol. The third-order valence-corrected chi connectivity index (χ3v) is 4.92. The zero-order valence-electron chi connectivity index (χ0n) is 12.6. The monoisotopic (exact) mass is 305 g/mol. The van der Waals surface area contributed by atoms with Crippen LogP contribution in [0, 0.1) is 5.92 Å². The molecule has 2 aromatic rings. The molecule has 0 spiro atoms. The summed E-state index contributed by atoms with van der Waals surface area (Å²) in [6, 6.07) is 0. The number of aromatic nitrogens is 4. The zero-order valence-corrected chi connectivity index (χ0v) is 13.4. The normalized spacial score (nSPS) is 20.0. The zero-order chi connectivity index (χ0) is 14.5. The van der Waals surface area contributed by atoms with E-state index in [1.54, 1.807) is 6.33 Å². The van der Waals surface area contributed by atoms with Crippen molar-refractivity contribution < 1.29 is 0 Å². The average Bonchev–Trinajstić information content (AvgIpc) is 3.12. The first-order valence-electron chi connectivity index (χ1n) is 7.81. The van der Waals surface area contributed by atoms with E-state index >= 15 is 0 Å². The minimum absolute atomic E-state index is 0.675. The highest BCUT2D eigenvalue weighted by Gasteiger charge is 2.21. The number of aryl methyl sites for hydroxylation is 1. The van der Waals surface area contributed by atoms with Crippen molar-refractivity contribution in [3.63, 3.8) is 0 Å². The van der Waals surface area contributed by atoms with Gasteiger partial charge in [-0.05, 0) is 38.1 Å². The van der Waals surface area contributed by atoms with Crippen LogP contribution in [-0.4, -0.2) is 37.7 Å². The number of hydrogen-bond acceptors (Lipinski definition) is 5. The molecule has 0 bridgehead atoms. The highest BCUT2D eigenvalue weighted by Crippen LogP contribution is 2.21. The maximum absolute atomic E-state index is 4.74. The Labute approximate surface area is 130 Å². The maximum atomic E-state index is 4.74. The van der Waals surface area contributed by atoms with E-state index in [1.165, 1.54) is 36.5 Å². The Kier molecular flexibility index (Phi) is 4.98. The van der Waals surface area contributed by atoms with E-state index in [9.17, 15) is 0 Å². The molecule has 6 heteroatoms. The molecule has 0 N–H and O–H groups in total. The summed E-state index contributed by atoms with van der Waals surface area (Å²) < 4.78 is 1.95. The molecule has 0 aliphatic carbocycles. The molecule has 1 fully saturated rings. The number of thiazole rings is 1. The largest absolute Gasteiger partial charge is 0.297 e. The summed E-state index contributed by atoms with van der Waals surface area (Å²) in [5.74, 6) is 0.675. The SMILES string of the molecule is CCCc1nc(CN2CCC[C@H](Cn3cncn3)C2)cs1. The predicted molar refractivity (Wildman–Crippen MR) is 84.1 cm³/mol. The molecule has 3 heterocycles. The lowest BCUT2D eigenvalue weighted by Gasteiger charge is -2.32. The van der Waals surface area contributed by atoms with Crippen molar-refractivity contribution in [1.82, 2.24) is 24.6 Å². The van der Waals surface area contributed by atoms with Crippen LogP contribution in [-0.2, 0) is 19.5 Å². The fourth-order valence-corrected chi connectivity index (χ4v) is 3.91. The van der Waals surface area contributed by atoms with Gasteiger partial charge in [-0.25, -0.2) is 9.97 Å². The van der Waals surface area contributed by atoms with Crippen LogP contribution in [0.15, 0.2) is 18.0 Å². The summed E-state index contributed by atoms with van der Waals surface area (Å²) in [6.07, 6.45) is 8.28. The number of nitrogens with zero attached hydrogens (tertiary/aromatic N) is 5. The van der Waals surface area contributed by atoms with Gasteiger partial charge in [-0.3, -0.25) is 9.58 Å². The van der Waals surface area contributed by atoms with Crippen molar-refractivity contribution in [2.45, 2.75) is 45.7 Å². The molecule has 0 amide bonds. The Balaban J connectivity index is 1.53. The number of hydrogen-bond donors (Lipinski definition) is 0. The van der Waals surface area contributed by atoms with Crippen LogP contribution in [0.2, 0.25) is 0 Å². The Morgan fingerprint density at radius 3 is 3.19 bits per heavy atom. The van der Waals surface area contributed by atoms with E-state index in [0.717, 1.165) is 26.1 Å². The van der Waals surface area contributed by atoms with E-state index in [-0.39, 0.29) is 0 Å². The van der Waals surface area contributed by atoms with Crippen molar-refractivity contribution in [3.05, 3.63) is 28.7 Å². The molecule has 5 nitrogen and oxygen atoms in total. The molecule has 0 saturated carbocycles. The highest BCUT2D eigenvalue weighted by molar-refractivity contribution is 7.09. The van der Waals surface area contributed by atoms with Crippen molar-refractivity contribution in [3.8, 4) is 0 Å². The van der Waals surface area contributed by atoms with Crippen molar-refractivity contribution in [2.24, 2.45) is 5.92 Å². The molecule has 2 aromatic heterocycles. The third-order valence-electron chi connectivity index (χ3n) is 3.96. The lowest BCUT2D eigenvalue weighted by atomic mass is 9.98. The third kappa shape index (κ3) is 4.11. The first kappa shape index (κ1) is 14.7. The lowest BCUT2D eigenvalue weighted by Crippen LogP contribution is -2.36. The van der Waals surface area contributed by atoms with Gasteiger partial charge in [0.05, 0.1) is 10.7 Å². The van der Waals surface area contributed by atoms with Crippen LogP contribution >= 0.6 is 11.3 Å². The van der Waals surface area contributed by atoms with Crippen molar-refractivity contribution in [1.29, 1.82) is 0 Å². The molecule has 1 aliphatic rings. The molecule has 0 radical (unpaired) electrons. The van der Waals surface area contributed by atoms with Crippen LogP contribution in [0.4, 0.5) is 0 Å². The van der Waals surface area contributed by atoms with Crippen molar-refractivity contribution >= 4 is 11.3 Å². The fourth-order valence-electron chi connectivity index (χ4n) is 3.01. The summed E-state index contributed by atoms with van der Waals surface area (Å²) >= 11 is 1.81. The lowest BCUT2D eigenvalue weighted by molar-refractivity contribution is 0.152. The van der Waals surface area contributed by atoms with Gasteiger partial charge in [0.25, 0.3) is 0 Å². The second kappa shape index (κ2) is 7.13. The van der Waals surface area contributed by atoms with E-state index in [1.807, 2.05) is 22.3 Å². The maximum Gasteiger partial charge on any atom is 0.137 e. The number of rotatable bonds is 6. The molecule has 21 heavy (non-hydrogen) atoms. The quantitative estimate of drug-likeness (QED) is 0.823. The first-order valence-corrected chi connectivity index (χ1v) is 8.69. The molecule has 114 valence electrons. The van der Waals surface area contributed by atoms with Crippen molar-refractivity contribution in [2.75, 3.05) is 13.1 Å². The summed E-state index contributed by atoms with van der Waals surface area (Å²) in [7, 11) is 0. The first-order chi connectivity index (χ1) is 10.3. The van der Waals surface area contributed by atoms with E-state index in [4.69, 9.17) is 4.98 Å². The predicted octanol–water partition coefficient (Wildman–Crippen LogP) is 2.60. The van der Waals surface area contributed by atoms with Crippen LogP contribution in [0.3, 0.4) is 0 Å². The van der Waals surface area contributed by atoms with Crippen LogP contribution in [0.5, 0.6) is 0 Å². The summed E-state index contributed by atoms with van der Waals surface area (Å²) in [5.41, 5.74) is 1.24. The molecule has 0 unspecified atom stereocenters. The van der Waals surface area contributed by atoms with Crippen LogP contribution < -0.4 is 0 Å². The van der Waals surface area contributed by atoms with E-state index in [0.29, 0.717) is 5.92 Å². The smallest absolute Gasteiger partial charge is 0.137 e. The van der Waals surface area contributed by atoms with Gasteiger partial charge in [-0.1, -0.05) is 6.92 Å². The summed E-state index contributed by atoms with van der Waals surface area (Å²) in [5, 5.41) is 7.73. The second-order valence-corrected chi connectivity index (χ2v) is 6.79. The standard InChI is InChI=1S/C15H23N5S/c1-2-4-15-18-14(10-21-15)9-19-6-3-5-13(7-19)8-20-12-16-11-17-20/h10-13H,2-9H2,1H3/t13-/m0/s1. The Hall–Kier alpha value is -1.27. The topological polar surface area (TPSA) is 46.8 Å². The number of piperidine rings is 1. The van der Waals surface area contributed by atoms with Gasteiger partial charge in [0.15, 0.2) is 0 Å². The second-order valence-electron chi connectivity index (χ2n) is 5.84. The molecule has 1 aliphatic heterocycles.